The van der Waals surface area contributed by atoms with Gasteiger partial charge >= 0.3 is 11.9 Å². The van der Waals surface area contributed by atoms with Crippen molar-refractivity contribution in [2.75, 3.05) is 13.1 Å². The van der Waals surface area contributed by atoms with Crippen molar-refractivity contribution in [3.8, 4) is 0 Å². The molecular weight excluding hydrogens is 436 g/mol. The molecule has 3 rings (SSSR count). The lowest BCUT2D eigenvalue weighted by atomic mass is 10.0. The highest BCUT2D eigenvalue weighted by molar-refractivity contribution is 7.89. The van der Waals surface area contributed by atoms with Gasteiger partial charge in [0.25, 0.3) is 0 Å². The van der Waals surface area contributed by atoms with E-state index in [0.717, 1.165) is 42.0 Å². The number of benzene rings is 2. The van der Waals surface area contributed by atoms with Crippen LogP contribution < -0.4 is 10.6 Å². The number of nitrogens with two attached hydrogens (primary N) is 1. The van der Waals surface area contributed by atoms with Gasteiger partial charge in [-0.15, -0.1) is 0 Å². The summed E-state index contributed by atoms with van der Waals surface area (Å²) in [5, 5.41) is 16.4. The van der Waals surface area contributed by atoms with E-state index in [1.54, 1.807) is 31.0 Å². The van der Waals surface area contributed by atoms with Gasteiger partial charge in [-0.05, 0) is 43.5 Å². The highest BCUT2D eigenvalue weighted by Crippen LogP contribution is 2.16. The Morgan fingerprint density at radius 2 is 1.53 bits per heavy atom. The standard InChI is InChI=1S/C19H24N4O2S.C2H2O4/c1-14(2)22-26(24,25)18-9-5-16(6-10-18)13-15-3-7-17(8-4-15)19-21-11-12-23(19)20;3-1(4)2(5)6/h3-10,14,22H,11-13,20H2,1-2H3;(H,3,4)(H,5,6). The average molecular weight is 463 g/mol. The Kier molecular flexibility index (Phi) is 8.47. The van der Waals surface area contributed by atoms with E-state index >= 15 is 0 Å². The summed E-state index contributed by atoms with van der Waals surface area (Å²) in [6, 6.07) is 15.0. The fraction of sp³-hybridized carbons (Fsp3) is 0.286. The molecule has 10 nitrogen and oxygen atoms in total. The minimum atomic E-state index is -3.45. The van der Waals surface area contributed by atoms with Crippen LogP contribution in [0.25, 0.3) is 0 Å². The molecule has 0 radical (unpaired) electrons. The topological polar surface area (TPSA) is 162 Å². The van der Waals surface area contributed by atoms with E-state index in [9.17, 15) is 8.42 Å². The van der Waals surface area contributed by atoms with Crippen LogP contribution in [0, 0.1) is 0 Å². The third kappa shape index (κ3) is 7.15. The molecule has 2 aromatic carbocycles. The maximum absolute atomic E-state index is 12.2. The van der Waals surface area contributed by atoms with Gasteiger partial charge in [0.1, 0.15) is 5.84 Å². The Balaban J connectivity index is 0.000000534. The molecule has 0 aromatic heterocycles. The molecule has 5 N–H and O–H groups in total. The second kappa shape index (κ2) is 10.8. The van der Waals surface area contributed by atoms with E-state index in [4.69, 9.17) is 25.6 Å². The van der Waals surface area contributed by atoms with Crippen LogP contribution >= 0.6 is 0 Å². The number of sulfonamides is 1. The predicted octanol–water partition coefficient (Wildman–Crippen LogP) is 1.06. The number of nitrogens with one attached hydrogen (secondary N) is 1. The van der Waals surface area contributed by atoms with Crippen molar-refractivity contribution in [3.63, 3.8) is 0 Å². The maximum Gasteiger partial charge on any atom is 0.414 e. The molecule has 0 spiro atoms. The van der Waals surface area contributed by atoms with E-state index < -0.39 is 22.0 Å². The minimum absolute atomic E-state index is 0.132. The Labute approximate surface area is 186 Å². The first-order valence-electron chi connectivity index (χ1n) is 9.73. The van der Waals surface area contributed by atoms with Crippen LogP contribution in [-0.4, -0.2) is 60.5 Å². The molecule has 0 amide bonds. The van der Waals surface area contributed by atoms with Crippen molar-refractivity contribution in [3.05, 3.63) is 65.2 Å². The quantitative estimate of drug-likeness (QED) is 0.366. The Bertz CT molecular complexity index is 1070. The third-order valence-corrected chi connectivity index (χ3v) is 5.98. The first kappa shape index (κ1) is 25.0. The lowest BCUT2D eigenvalue weighted by Gasteiger charge is -2.13. The summed E-state index contributed by atoms with van der Waals surface area (Å²) >= 11 is 0. The molecule has 0 saturated carbocycles. The molecule has 1 aliphatic rings. The van der Waals surface area contributed by atoms with Crippen LogP contribution in [-0.2, 0) is 26.0 Å². The smallest absolute Gasteiger partial charge is 0.414 e. The largest absolute Gasteiger partial charge is 0.473 e. The van der Waals surface area contributed by atoms with E-state index in [-0.39, 0.29) is 10.9 Å². The zero-order valence-corrected chi connectivity index (χ0v) is 18.5. The van der Waals surface area contributed by atoms with E-state index in [1.165, 1.54) is 0 Å². The fourth-order valence-electron chi connectivity index (χ4n) is 2.89. The Morgan fingerprint density at radius 1 is 1.03 bits per heavy atom. The maximum atomic E-state index is 12.2. The van der Waals surface area contributed by atoms with Crippen molar-refractivity contribution in [1.29, 1.82) is 0 Å². The molecule has 172 valence electrons. The molecule has 0 fully saturated rings. The van der Waals surface area contributed by atoms with Crippen LogP contribution in [0.1, 0.15) is 30.5 Å². The lowest BCUT2D eigenvalue weighted by Crippen LogP contribution is -2.34. The second-order valence-corrected chi connectivity index (χ2v) is 9.02. The number of amidine groups is 1. The molecule has 2 aromatic rings. The number of hydrogen-bond donors (Lipinski definition) is 4. The summed E-state index contributed by atoms with van der Waals surface area (Å²) < 4.78 is 26.9. The normalized spacial score (nSPS) is 13.4. The van der Waals surface area contributed by atoms with Crippen LogP contribution in [0.4, 0.5) is 0 Å². The van der Waals surface area contributed by atoms with Gasteiger partial charge in [-0.25, -0.2) is 28.6 Å². The molecule has 32 heavy (non-hydrogen) atoms. The number of carboxylic acids is 2. The molecule has 0 aliphatic carbocycles. The molecule has 0 saturated heterocycles. The molecular formula is C21H26N4O6S. The number of carboxylic acid groups (broad SMARTS) is 2. The summed E-state index contributed by atoms with van der Waals surface area (Å²) in [4.78, 5) is 22.9. The van der Waals surface area contributed by atoms with Crippen molar-refractivity contribution in [2.45, 2.75) is 31.2 Å². The molecule has 1 heterocycles. The van der Waals surface area contributed by atoms with Gasteiger partial charge in [-0.3, -0.25) is 10.0 Å². The van der Waals surface area contributed by atoms with E-state index in [2.05, 4.69) is 21.8 Å². The van der Waals surface area contributed by atoms with Crippen molar-refractivity contribution in [2.24, 2.45) is 10.8 Å². The van der Waals surface area contributed by atoms with Gasteiger partial charge in [-0.1, -0.05) is 36.4 Å². The van der Waals surface area contributed by atoms with Gasteiger partial charge in [0.05, 0.1) is 18.0 Å². The average Bonchev–Trinajstić information content (AvgIpc) is 3.14. The summed E-state index contributed by atoms with van der Waals surface area (Å²) in [5.74, 6) is 3.08. The second-order valence-electron chi connectivity index (χ2n) is 7.30. The monoisotopic (exact) mass is 462 g/mol. The summed E-state index contributed by atoms with van der Waals surface area (Å²) in [7, 11) is -3.45. The number of nitrogens with zero attached hydrogens (tertiary/aromatic N) is 2. The fourth-order valence-corrected chi connectivity index (χ4v) is 4.14. The minimum Gasteiger partial charge on any atom is -0.473 e. The first-order valence-corrected chi connectivity index (χ1v) is 11.2. The Hall–Kier alpha value is -3.28. The molecule has 0 atom stereocenters. The number of hydrazine groups is 1. The Morgan fingerprint density at radius 3 is 1.94 bits per heavy atom. The van der Waals surface area contributed by atoms with Gasteiger partial charge in [0.15, 0.2) is 0 Å². The highest BCUT2D eigenvalue weighted by Gasteiger charge is 2.16. The lowest BCUT2D eigenvalue weighted by molar-refractivity contribution is -0.159. The van der Waals surface area contributed by atoms with Crippen LogP contribution in [0.3, 0.4) is 0 Å². The molecule has 0 unspecified atom stereocenters. The first-order chi connectivity index (χ1) is 15.0. The zero-order valence-electron chi connectivity index (χ0n) is 17.7. The third-order valence-electron chi connectivity index (χ3n) is 4.30. The van der Waals surface area contributed by atoms with Gasteiger partial charge in [-0.2, -0.15) is 0 Å². The molecule has 1 aliphatic heterocycles. The highest BCUT2D eigenvalue weighted by atomic mass is 32.2. The summed E-state index contributed by atoms with van der Waals surface area (Å²) in [6.45, 7) is 5.08. The SMILES string of the molecule is CC(C)NS(=O)(=O)c1ccc(Cc2ccc(C3=NCCN3N)cc2)cc1.O=C(O)C(=O)O. The van der Waals surface area contributed by atoms with Gasteiger partial charge in [0, 0.05) is 11.6 Å². The van der Waals surface area contributed by atoms with Crippen molar-refractivity contribution in [1.82, 2.24) is 9.73 Å². The summed E-state index contributed by atoms with van der Waals surface area (Å²) in [5.41, 5.74) is 3.21. The number of rotatable bonds is 6. The zero-order chi connectivity index (χ0) is 23.9. The number of aliphatic carboxylic acids is 2. The van der Waals surface area contributed by atoms with E-state index in [0.29, 0.717) is 0 Å². The number of aliphatic imine (C=N–C) groups is 1. The van der Waals surface area contributed by atoms with Crippen LogP contribution in [0.2, 0.25) is 0 Å². The van der Waals surface area contributed by atoms with Crippen molar-refractivity contribution >= 4 is 27.8 Å². The molecule has 0 bridgehead atoms. The van der Waals surface area contributed by atoms with E-state index in [1.807, 2.05) is 24.3 Å². The van der Waals surface area contributed by atoms with Gasteiger partial charge in [0.2, 0.25) is 10.0 Å². The predicted molar refractivity (Wildman–Crippen MR) is 119 cm³/mol. The van der Waals surface area contributed by atoms with Crippen LogP contribution in [0.15, 0.2) is 58.4 Å². The number of hydrogen-bond acceptors (Lipinski definition) is 7. The number of carbonyl (C=O) groups is 2. The van der Waals surface area contributed by atoms with Gasteiger partial charge < -0.3 is 10.2 Å². The summed E-state index contributed by atoms with van der Waals surface area (Å²) in [6.07, 6.45) is 0.733. The van der Waals surface area contributed by atoms with Crippen LogP contribution in [0.5, 0.6) is 0 Å². The van der Waals surface area contributed by atoms with Crippen molar-refractivity contribution < 1.29 is 28.2 Å². The molecule has 11 heteroatoms.